The summed E-state index contributed by atoms with van der Waals surface area (Å²) in [6.45, 7) is 4.91. The van der Waals surface area contributed by atoms with Gasteiger partial charge in [0.25, 0.3) is 0 Å². The molecular formula is C17H20O2. The molecular weight excluding hydrogens is 236 g/mol. The average Bonchev–Trinajstić information content (AvgIpc) is 2.45. The quantitative estimate of drug-likeness (QED) is 0.786. The number of hydrogen-bond acceptors (Lipinski definition) is 2. The number of ether oxygens (including phenoxy) is 2. The Balaban J connectivity index is 2.35. The Labute approximate surface area is 115 Å². The van der Waals surface area contributed by atoms with Crippen LogP contribution in [0, 0.1) is 6.92 Å². The lowest BCUT2D eigenvalue weighted by Crippen LogP contribution is -1.96. The smallest absolute Gasteiger partial charge is 0.123 e. The van der Waals surface area contributed by atoms with Crippen molar-refractivity contribution in [1.82, 2.24) is 0 Å². The molecule has 0 aliphatic heterocycles. The summed E-state index contributed by atoms with van der Waals surface area (Å²) in [7, 11) is 1.68. The van der Waals surface area contributed by atoms with E-state index in [9.17, 15) is 0 Å². The molecule has 2 aromatic carbocycles. The Bertz CT molecular complexity index is 529. The molecule has 0 spiro atoms. The highest BCUT2D eigenvalue weighted by atomic mass is 16.5. The molecule has 0 atom stereocenters. The molecule has 0 bridgehead atoms. The normalized spacial score (nSPS) is 10.3. The van der Waals surface area contributed by atoms with Crippen LogP contribution in [0.1, 0.15) is 18.9 Å². The van der Waals surface area contributed by atoms with E-state index in [1.807, 2.05) is 12.1 Å². The fourth-order valence-corrected chi connectivity index (χ4v) is 1.91. The van der Waals surface area contributed by atoms with Gasteiger partial charge in [-0.25, -0.2) is 0 Å². The first-order valence-electron chi connectivity index (χ1n) is 6.62. The van der Waals surface area contributed by atoms with E-state index in [1.165, 1.54) is 11.1 Å². The maximum atomic E-state index is 5.70. The second-order valence-electron chi connectivity index (χ2n) is 4.61. The van der Waals surface area contributed by atoms with Gasteiger partial charge in [0.15, 0.2) is 0 Å². The maximum Gasteiger partial charge on any atom is 0.123 e. The molecule has 0 N–H and O–H groups in total. The number of methoxy groups -OCH3 is 1. The van der Waals surface area contributed by atoms with Crippen LogP contribution in [-0.4, -0.2) is 13.7 Å². The molecule has 0 amide bonds. The van der Waals surface area contributed by atoms with E-state index in [-0.39, 0.29) is 0 Å². The molecule has 2 rings (SSSR count). The van der Waals surface area contributed by atoms with Crippen molar-refractivity contribution < 1.29 is 9.47 Å². The van der Waals surface area contributed by atoms with Crippen molar-refractivity contribution in [2.45, 2.75) is 20.3 Å². The van der Waals surface area contributed by atoms with Crippen LogP contribution in [0.15, 0.2) is 42.5 Å². The van der Waals surface area contributed by atoms with Gasteiger partial charge in [-0.15, -0.1) is 0 Å². The monoisotopic (exact) mass is 256 g/mol. The Morgan fingerprint density at radius 3 is 2.21 bits per heavy atom. The largest absolute Gasteiger partial charge is 0.497 e. The maximum absolute atomic E-state index is 5.70. The van der Waals surface area contributed by atoms with E-state index in [4.69, 9.17) is 9.47 Å². The fourth-order valence-electron chi connectivity index (χ4n) is 1.91. The third-order valence-corrected chi connectivity index (χ3v) is 2.97. The summed E-state index contributed by atoms with van der Waals surface area (Å²) >= 11 is 0. The summed E-state index contributed by atoms with van der Waals surface area (Å²) in [5, 5.41) is 0. The standard InChI is InChI=1S/C17H20O2/c1-4-9-19-17-11-15(10-16(12-17)18-3)14-7-5-13(2)6-8-14/h5-8,10-12H,4,9H2,1-3H3. The van der Waals surface area contributed by atoms with Crippen LogP contribution in [0.4, 0.5) is 0 Å². The lowest BCUT2D eigenvalue weighted by atomic mass is 10.0. The Morgan fingerprint density at radius 1 is 0.895 bits per heavy atom. The molecule has 0 saturated heterocycles. The molecule has 2 heteroatoms. The van der Waals surface area contributed by atoms with Crippen molar-refractivity contribution in [2.24, 2.45) is 0 Å². The van der Waals surface area contributed by atoms with Crippen molar-refractivity contribution in [3.8, 4) is 22.6 Å². The van der Waals surface area contributed by atoms with Crippen LogP contribution >= 0.6 is 0 Å². The summed E-state index contributed by atoms with van der Waals surface area (Å²) in [5.74, 6) is 1.68. The van der Waals surface area contributed by atoms with Gasteiger partial charge in [0.2, 0.25) is 0 Å². The van der Waals surface area contributed by atoms with Crippen molar-refractivity contribution in [1.29, 1.82) is 0 Å². The first kappa shape index (κ1) is 13.5. The number of benzene rings is 2. The third kappa shape index (κ3) is 3.50. The van der Waals surface area contributed by atoms with E-state index in [1.54, 1.807) is 7.11 Å². The second kappa shape index (κ2) is 6.28. The zero-order valence-corrected chi connectivity index (χ0v) is 11.8. The van der Waals surface area contributed by atoms with Crippen LogP contribution in [-0.2, 0) is 0 Å². The molecule has 0 fully saturated rings. The number of aryl methyl sites for hydroxylation is 1. The molecule has 0 unspecified atom stereocenters. The second-order valence-corrected chi connectivity index (χ2v) is 4.61. The van der Waals surface area contributed by atoms with Gasteiger partial charge in [-0.2, -0.15) is 0 Å². The average molecular weight is 256 g/mol. The van der Waals surface area contributed by atoms with Crippen molar-refractivity contribution in [3.05, 3.63) is 48.0 Å². The van der Waals surface area contributed by atoms with Crippen molar-refractivity contribution in [2.75, 3.05) is 13.7 Å². The van der Waals surface area contributed by atoms with Gasteiger partial charge in [-0.3, -0.25) is 0 Å². The molecule has 0 aliphatic carbocycles. The molecule has 100 valence electrons. The van der Waals surface area contributed by atoms with Gasteiger partial charge in [-0.1, -0.05) is 36.8 Å². The van der Waals surface area contributed by atoms with Crippen LogP contribution in [0.25, 0.3) is 11.1 Å². The van der Waals surface area contributed by atoms with Gasteiger partial charge < -0.3 is 9.47 Å². The predicted molar refractivity (Wildman–Crippen MR) is 79.0 cm³/mol. The lowest BCUT2D eigenvalue weighted by Gasteiger charge is -2.10. The van der Waals surface area contributed by atoms with Crippen molar-refractivity contribution in [3.63, 3.8) is 0 Å². The topological polar surface area (TPSA) is 18.5 Å². The molecule has 0 radical (unpaired) electrons. The Hall–Kier alpha value is -1.96. The fraction of sp³-hybridized carbons (Fsp3) is 0.294. The highest BCUT2D eigenvalue weighted by molar-refractivity contribution is 5.67. The first-order valence-corrected chi connectivity index (χ1v) is 6.62. The SMILES string of the molecule is CCCOc1cc(OC)cc(-c2ccc(C)cc2)c1. The zero-order valence-electron chi connectivity index (χ0n) is 11.8. The molecule has 2 nitrogen and oxygen atoms in total. The number of hydrogen-bond donors (Lipinski definition) is 0. The van der Waals surface area contributed by atoms with E-state index < -0.39 is 0 Å². The zero-order chi connectivity index (χ0) is 13.7. The Morgan fingerprint density at radius 2 is 1.58 bits per heavy atom. The van der Waals surface area contributed by atoms with Crippen LogP contribution in [0.5, 0.6) is 11.5 Å². The molecule has 2 aromatic rings. The summed E-state index contributed by atoms with van der Waals surface area (Å²) in [6, 6.07) is 14.5. The van der Waals surface area contributed by atoms with Gasteiger partial charge >= 0.3 is 0 Å². The summed E-state index contributed by atoms with van der Waals surface area (Å²) < 4.78 is 11.0. The van der Waals surface area contributed by atoms with E-state index in [0.717, 1.165) is 30.1 Å². The summed E-state index contributed by atoms with van der Waals surface area (Å²) in [4.78, 5) is 0. The van der Waals surface area contributed by atoms with Crippen LogP contribution < -0.4 is 9.47 Å². The minimum atomic E-state index is 0.723. The minimum Gasteiger partial charge on any atom is -0.497 e. The Kier molecular flexibility index (Phi) is 4.45. The first-order chi connectivity index (χ1) is 9.22. The molecule has 0 heterocycles. The van der Waals surface area contributed by atoms with Crippen molar-refractivity contribution >= 4 is 0 Å². The van der Waals surface area contributed by atoms with E-state index in [0.29, 0.717) is 0 Å². The summed E-state index contributed by atoms with van der Waals surface area (Å²) in [6.07, 6.45) is 0.997. The molecule has 0 aromatic heterocycles. The van der Waals surface area contributed by atoms with E-state index >= 15 is 0 Å². The third-order valence-electron chi connectivity index (χ3n) is 2.97. The summed E-state index contributed by atoms with van der Waals surface area (Å²) in [5.41, 5.74) is 3.55. The van der Waals surface area contributed by atoms with Gasteiger partial charge in [-0.05, 0) is 36.6 Å². The molecule has 0 saturated carbocycles. The van der Waals surface area contributed by atoms with Crippen LogP contribution in [0.2, 0.25) is 0 Å². The molecule has 19 heavy (non-hydrogen) atoms. The van der Waals surface area contributed by atoms with Gasteiger partial charge in [0.1, 0.15) is 11.5 Å². The lowest BCUT2D eigenvalue weighted by molar-refractivity contribution is 0.315. The molecule has 0 aliphatic rings. The number of rotatable bonds is 5. The van der Waals surface area contributed by atoms with Gasteiger partial charge in [0, 0.05) is 6.07 Å². The van der Waals surface area contributed by atoms with Crippen LogP contribution in [0.3, 0.4) is 0 Å². The van der Waals surface area contributed by atoms with E-state index in [2.05, 4.69) is 44.2 Å². The predicted octanol–water partition coefficient (Wildman–Crippen LogP) is 4.46. The van der Waals surface area contributed by atoms with Gasteiger partial charge in [0.05, 0.1) is 13.7 Å². The minimum absolute atomic E-state index is 0.723. The highest BCUT2D eigenvalue weighted by Crippen LogP contribution is 2.30. The highest BCUT2D eigenvalue weighted by Gasteiger charge is 2.04.